The highest BCUT2D eigenvalue weighted by Crippen LogP contribution is 2.30. The summed E-state index contributed by atoms with van der Waals surface area (Å²) in [5.41, 5.74) is 2.29. The molecule has 2 fully saturated rings. The fraction of sp³-hybridized carbons (Fsp3) is 0.333. The number of hydrogen-bond acceptors (Lipinski definition) is 5. The number of nitro groups is 1. The van der Waals surface area contributed by atoms with Crippen LogP contribution >= 0.6 is 0 Å². The average Bonchev–Trinajstić information content (AvgIpc) is 3.60. The summed E-state index contributed by atoms with van der Waals surface area (Å²) in [6, 6.07) is 13.5. The van der Waals surface area contributed by atoms with Crippen LogP contribution < -0.4 is 10.2 Å². The lowest BCUT2D eigenvalue weighted by molar-refractivity contribution is -0.384. The van der Waals surface area contributed by atoms with E-state index >= 15 is 0 Å². The van der Waals surface area contributed by atoms with Gasteiger partial charge in [0.25, 0.3) is 11.6 Å². The van der Waals surface area contributed by atoms with Crippen molar-refractivity contribution in [1.29, 1.82) is 0 Å². The van der Waals surface area contributed by atoms with Crippen LogP contribution in [0.5, 0.6) is 0 Å². The Kier molecular flexibility index (Phi) is 5.16. The predicted octanol–water partition coefficient (Wildman–Crippen LogP) is 2.91. The van der Waals surface area contributed by atoms with Gasteiger partial charge in [0.2, 0.25) is 5.91 Å². The van der Waals surface area contributed by atoms with Crippen molar-refractivity contribution in [3.05, 3.63) is 64.2 Å². The van der Waals surface area contributed by atoms with Crippen LogP contribution in [0.15, 0.2) is 48.5 Å². The molecule has 8 nitrogen and oxygen atoms in total. The Morgan fingerprint density at radius 1 is 0.931 bits per heavy atom. The normalized spacial score (nSPS) is 16.4. The van der Waals surface area contributed by atoms with Gasteiger partial charge in [0, 0.05) is 61.2 Å². The number of benzene rings is 2. The lowest BCUT2D eigenvalue weighted by atomic mass is 10.1. The molecule has 1 heterocycles. The predicted molar refractivity (Wildman–Crippen MR) is 109 cm³/mol. The van der Waals surface area contributed by atoms with E-state index in [-0.39, 0.29) is 23.4 Å². The Morgan fingerprint density at radius 2 is 1.55 bits per heavy atom. The summed E-state index contributed by atoms with van der Waals surface area (Å²) in [6.45, 7) is 2.49. The van der Waals surface area contributed by atoms with Crippen LogP contribution in [0.3, 0.4) is 0 Å². The topological polar surface area (TPSA) is 95.8 Å². The maximum atomic E-state index is 12.8. The standard InChI is InChI=1S/C21H22N4O4/c26-20(15-1-2-15)22-17-5-3-16(4-6-17)21(27)24-13-11-23(12-14-24)18-7-9-19(10-8-18)25(28)29/h3-10,15H,1-2,11-14H2,(H,22,26). The van der Waals surface area contributed by atoms with Crippen molar-refractivity contribution in [3.8, 4) is 0 Å². The largest absolute Gasteiger partial charge is 0.368 e. The third kappa shape index (κ3) is 4.37. The number of hydrogen-bond donors (Lipinski definition) is 1. The van der Waals surface area contributed by atoms with Crippen molar-refractivity contribution < 1.29 is 14.5 Å². The number of nitro benzene ring substituents is 1. The van der Waals surface area contributed by atoms with Gasteiger partial charge in [-0.15, -0.1) is 0 Å². The van der Waals surface area contributed by atoms with Crippen LogP contribution in [0.4, 0.5) is 17.1 Å². The molecule has 1 saturated carbocycles. The van der Waals surface area contributed by atoms with E-state index < -0.39 is 4.92 Å². The number of non-ortho nitro benzene ring substituents is 1. The van der Waals surface area contributed by atoms with Gasteiger partial charge < -0.3 is 15.1 Å². The van der Waals surface area contributed by atoms with Crippen molar-refractivity contribution >= 4 is 28.9 Å². The monoisotopic (exact) mass is 394 g/mol. The summed E-state index contributed by atoms with van der Waals surface area (Å²) in [7, 11) is 0. The van der Waals surface area contributed by atoms with E-state index in [4.69, 9.17) is 0 Å². The molecule has 0 spiro atoms. The Labute approximate surface area is 168 Å². The van der Waals surface area contributed by atoms with E-state index in [1.165, 1.54) is 12.1 Å². The zero-order chi connectivity index (χ0) is 20.4. The number of carbonyl (C=O) groups excluding carboxylic acids is 2. The van der Waals surface area contributed by atoms with E-state index in [1.54, 1.807) is 41.3 Å². The van der Waals surface area contributed by atoms with Gasteiger partial charge in [-0.2, -0.15) is 0 Å². The van der Waals surface area contributed by atoms with Crippen molar-refractivity contribution in [1.82, 2.24) is 4.90 Å². The molecule has 1 aliphatic carbocycles. The molecule has 29 heavy (non-hydrogen) atoms. The second kappa shape index (κ2) is 7.90. The first-order valence-electron chi connectivity index (χ1n) is 9.71. The summed E-state index contributed by atoms with van der Waals surface area (Å²) in [6.07, 6.45) is 1.91. The lowest BCUT2D eigenvalue weighted by Crippen LogP contribution is -2.48. The molecular weight excluding hydrogens is 372 g/mol. The van der Waals surface area contributed by atoms with Crippen molar-refractivity contribution in [2.75, 3.05) is 36.4 Å². The van der Waals surface area contributed by atoms with Gasteiger partial charge in [0.05, 0.1) is 4.92 Å². The van der Waals surface area contributed by atoms with Crippen LogP contribution in [-0.2, 0) is 4.79 Å². The van der Waals surface area contributed by atoms with E-state index in [1.807, 2.05) is 0 Å². The summed E-state index contributed by atoms with van der Waals surface area (Å²) in [4.78, 5) is 38.9. The average molecular weight is 394 g/mol. The van der Waals surface area contributed by atoms with Crippen LogP contribution in [0, 0.1) is 16.0 Å². The molecular formula is C21H22N4O4. The quantitative estimate of drug-likeness (QED) is 0.621. The van der Waals surface area contributed by atoms with Gasteiger partial charge in [-0.05, 0) is 49.2 Å². The molecule has 0 atom stereocenters. The van der Waals surface area contributed by atoms with E-state index in [9.17, 15) is 19.7 Å². The lowest BCUT2D eigenvalue weighted by Gasteiger charge is -2.36. The van der Waals surface area contributed by atoms with E-state index in [0.29, 0.717) is 37.4 Å². The summed E-state index contributed by atoms with van der Waals surface area (Å²) in [5.74, 6) is 0.156. The molecule has 2 aromatic carbocycles. The van der Waals surface area contributed by atoms with Crippen LogP contribution in [-0.4, -0.2) is 47.8 Å². The zero-order valence-electron chi connectivity index (χ0n) is 15.9. The summed E-state index contributed by atoms with van der Waals surface area (Å²) in [5, 5.41) is 13.6. The first-order valence-corrected chi connectivity index (χ1v) is 9.71. The second-order valence-electron chi connectivity index (χ2n) is 7.39. The number of nitrogens with zero attached hydrogens (tertiary/aromatic N) is 3. The highest BCUT2D eigenvalue weighted by molar-refractivity contribution is 5.97. The first-order chi connectivity index (χ1) is 14.0. The molecule has 0 radical (unpaired) electrons. The number of amides is 2. The van der Waals surface area contributed by atoms with Gasteiger partial charge in [-0.25, -0.2) is 0 Å². The molecule has 1 saturated heterocycles. The van der Waals surface area contributed by atoms with Crippen LogP contribution in [0.1, 0.15) is 23.2 Å². The van der Waals surface area contributed by atoms with Crippen molar-refractivity contribution in [3.63, 3.8) is 0 Å². The molecule has 4 rings (SSSR count). The highest BCUT2D eigenvalue weighted by Gasteiger charge is 2.29. The third-order valence-electron chi connectivity index (χ3n) is 5.34. The molecule has 0 bridgehead atoms. The fourth-order valence-electron chi connectivity index (χ4n) is 3.42. The SMILES string of the molecule is O=C(Nc1ccc(C(=O)N2CCN(c3ccc([N+](=O)[O-])cc3)CC2)cc1)C1CC1. The third-order valence-corrected chi connectivity index (χ3v) is 5.34. The summed E-state index contributed by atoms with van der Waals surface area (Å²) < 4.78 is 0. The Hall–Kier alpha value is -3.42. The minimum atomic E-state index is -0.414. The van der Waals surface area contributed by atoms with Gasteiger partial charge in [-0.3, -0.25) is 19.7 Å². The van der Waals surface area contributed by atoms with Gasteiger partial charge >= 0.3 is 0 Å². The molecule has 0 aromatic heterocycles. The number of anilines is 2. The molecule has 2 aromatic rings. The number of rotatable bonds is 5. The van der Waals surface area contributed by atoms with Crippen LogP contribution in [0.2, 0.25) is 0 Å². The van der Waals surface area contributed by atoms with Gasteiger partial charge in [-0.1, -0.05) is 0 Å². The number of carbonyl (C=O) groups is 2. The number of nitrogens with one attached hydrogen (secondary N) is 1. The smallest absolute Gasteiger partial charge is 0.269 e. The maximum absolute atomic E-state index is 12.8. The Morgan fingerprint density at radius 3 is 2.10 bits per heavy atom. The molecule has 2 amide bonds. The minimum absolute atomic E-state index is 0.0339. The van der Waals surface area contributed by atoms with Crippen molar-refractivity contribution in [2.45, 2.75) is 12.8 Å². The first kappa shape index (κ1) is 18.9. The maximum Gasteiger partial charge on any atom is 0.269 e. The molecule has 0 unspecified atom stereocenters. The molecule has 2 aliphatic rings. The zero-order valence-corrected chi connectivity index (χ0v) is 15.9. The van der Waals surface area contributed by atoms with E-state index in [2.05, 4.69) is 10.2 Å². The highest BCUT2D eigenvalue weighted by atomic mass is 16.6. The fourth-order valence-corrected chi connectivity index (χ4v) is 3.42. The Balaban J connectivity index is 1.32. The molecule has 150 valence electrons. The molecule has 1 aliphatic heterocycles. The Bertz CT molecular complexity index is 915. The van der Waals surface area contributed by atoms with Gasteiger partial charge in [0.1, 0.15) is 0 Å². The number of piperazine rings is 1. The minimum Gasteiger partial charge on any atom is -0.368 e. The second-order valence-corrected chi connectivity index (χ2v) is 7.39. The van der Waals surface area contributed by atoms with Crippen molar-refractivity contribution in [2.24, 2.45) is 5.92 Å². The van der Waals surface area contributed by atoms with Crippen LogP contribution in [0.25, 0.3) is 0 Å². The van der Waals surface area contributed by atoms with Gasteiger partial charge in [0.15, 0.2) is 0 Å². The van der Waals surface area contributed by atoms with E-state index in [0.717, 1.165) is 18.5 Å². The molecule has 8 heteroatoms. The summed E-state index contributed by atoms with van der Waals surface area (Å²) >= 11 is 0. The molecule has 1 N–H and O–H groups in total.